The molecule has 0 saturated heterocycles. The largest absolute Gasteiger partial charge is 0.306 e. The molecule has 4 heteroatoms. The van der Waals surface area contributed by atoms with E-state index in [1.165, 1.54) is 21.2 Å². The van der Waals surface area contributed by atoms with E-state index in [1.54, 1.807) is 6.33 Å². The summed E-state index contributed by atoms with van der Waals surface area (Å²) in [5.74, 6) is 0. The van der Waals surface area contributed by atoms with E-state index >= 15 is 0 Å². The van der Waals surface area contributed by atoms with Gasteiger partial charge in [0, 0.05) is 22.4 Å². The van der Waals surface area contributed by atoms with Crippen molar-refractivity contribution in [2.24, 2.45) is 0 Å². The van der Waals surface area contributed by atoms with Gasteiger partial charge in [0.1, 0.15) is 6.33 Å². The second kappa shape index (κ2) is 6.26. The molecule has 2 aromatic rings. The normalized spacial score (nSPS) is 12.4. The van der Waals surface area contributed by atoms with Crippen molar-refractivity contribution in [2.75, 3.05) is 6.54 Å². The molecule has 1 aromatic carbocycles. The molecule has 19 heavy (non-hydrogen) atoms. The summed E-state index contributed by atoms with van der Waals surface area (Å²) in [5, 5.41) is 3.49. The zero-order valence-corrected chi connectivity index (χ0v) is 13.0. The smallest absolute Gasteiger partial charge is 0.115 e. The molecular formula is C15H18BrN3. The number of rotatable bonds is 4. The molecule has 0 bridgehead atoms. The third-order valence-corrected chi connectivity index (χ3v) is 4.37. The van der Waals surface area contributed by atoms with E-state index in [0.717, 1.165) is 12.1 Å². The summed E-state index contributed by atoms with van der Waals surface area (Å²) in [6.07, 6.45) is 5.30. The van der Waals surface area contributed by atoms with Gasteiger partial charge in [-0.2, -0.15) is 0 Å². The van der Waals surface area contributed by atoms with E-state index in [-0.39, 0.29) is 6.04 Å². The van der Waals surface area contributed by atoms with Crippen molar-refractivity contribution in [1.29, 1.82) is 0 Å². The highest BCUT2D eigenvalue weighted by molar-refractivity contribution is 9.10. The van der Waals surface area contributed by atoms with E-state index < -0.39 is 0 Å². The molecule has 3 nitrogen and oxygen atoms in total. The van der Waals surface area contributed by atoms with Crippen LogP contribution < -0.4 is 5.32 Å². The van der Waals surface area contributed by atoms with Crippen LogP contribution in [-0.2, 0) is 0 Å². The third-order valence-electron chi connectivity index (χ3n) is 3.11. The number of hydrogen-bond acceptors (Lipinski definition) is 3. The van der Waals surface area contributed by atoms with Crippen LogP contribution in [0.3, 0.4) is 0 Å². The topological polar surface area (TPSA) is 37.8 Å². The van der Waals surface area contributed by atoms with E-state index in [1.807, 2.05) is 12.4 Å². The maximum Gasteiger partial charge on any atom is 0.115 e. The maximum atomic E-state index is 4.12. The summed E-state index contributed by atoms with van der Waals surface area (Å²) < 4.78 is 1.18. The predicted octanol–water partition coefficient (Wildman–Crippen LogP) is 3.55. The highest BCUT2D eigenvalue weighted by atomic mass is 79.9. The van der Waals surface area contributed by atoms with Gasteiger partial charge in [0.2, 0.25) is 0 Å². The number of benzene rings is 1. The standard InChI is InChI=1S/C15H18BrN3/c1-4-19-15(13-7-17-9-18-8-13)12-5-10(2)14(16)11(3)6-12/h5-9,15,19H,4H2,1-3H3. The van der Waals surface area contributed by atoms with E-state index in [9.17, 15) is 0 Å². The second-order valence-corrected chi connectivity index (χ2v) is 5.42. The molecule has 1 N–H and O–H groups in total. The first-order valence-electron chi connectivity index (χ1n) is 6.38. The maximum absolute atomic E-state index is 4.12. The van der Waals surface area contributed by atoms with Crippen LogP contribution in [0.15, 0.2) is 35.3 Å². The van der Waals surface area contributed by atoms with Crippen LogP contribution in [0.5, 0.6) is 0 Å². The Hall–Kier alpha value is -1.26. The van der Waals surface area contributed by atoms with Crippen LogP contribution >= 0.6 is 15.9 Å². The molecule has 1 atom stereocenters. The summed E-state index contributed by atoms with van der Waals surface area (Å²) in [7, 11) is 0. The molecule has 0 spiro atoms. The Kier molecular flexibility index (Phi) is 4.66. The fourth-order valence-corrected chi connectivity index (χ4v) is 2.47. The van der Waals surface area contributed by atoms with Crippen molar-refractivity contribution in [3.05, 3.63) is 57.6 Å². The minimum absolute atomic E-state index is 0.136. The molecule has 1 aromatic heterocycles. The molecule has 100 valence electrons. The predicted molar refractivity (Wildman–Crippen MR) is 81.2 cm³/mol. The Morgan fingerprint density at radius 2 is 1.68 bits per heavy atom. The van der Waals surface area contributed by atoms with Crippen LogP contribution in [0, 0.1) is 13.8 Å². The Morgan fingerprint density at radius 1 is 1.11 bits per heavy atom. The number of hydrogen-bond donors (Lipinski definition) is 1. The lowest BCUT2D eigenvalue weighted by molar-refractivity contribution is 0.625. The van der Waals surface area contributed by atoms with Gasteiger partial charge < -0.3 is 5.32 Å². The van der Waals surface area contributed by atoms with Gasteiger partial charge >= 0.3 is 0 Å². The first kappa shape index (κ1) is 14.2. The number of aryl methyl sites for hydroxylation is 2. The molecule has 0 aliphatic rings. The van der Waals surface area contributed by atoms with E-state index in [4.69, 9.17) is 0 Å². The minimum Gasteiger partial charge on any atom is -0.306 e. The lowest BCUT2D eigenvalue weighted by Crippen LogP contribution is -2.22. The molecule has 0 fully saturated rings. The highest BCUT2D eigenvalue weighted by Gasteiger charge is 2.15. The monoisotopic (exact) mass is 319 g/mol. The van der Waals surface area contributed by atoms with Gasteiger partial charge in [-0.1, -0.05) is 35.0 Å². The lowest BCUT2D eigenvalue weighted by atomic mass is 9.97. The van der Waals surface area contributed by atoms with Gasteiger partial charge in [-0.05, 0) is 37.1 Å². The summed E-state index contributed by atoms with van der Waals surface area (Å²) in [4.78, 5) is 8.23. The van der Waals surface area contributed by atoms with Gasteiger partial charge in [0.15, 0.2) is 0 Å². The minimum atomic E-state index is 0.136. The molecule has 0 saturated carbocycles. The Labute approximate surface area is 122 Å². The summed E-state index contributed by atoms with van der Waals surface area (Å²) in [6.45, 7) is 7.24. The first-order chi connectivity index (χ1) is 9.13. The highest BCUT2D eigenvalue weighted by Crippen LogP contribution is 2.28. The number of nitrogens with one attached hydrogen (secondary N) is 1. The third kappa shape index (κ3) is 3.19. The molecule has 1 heterocycles. The number of halogens is 1. The average Bonchev–Trinajstić information content (AvgIpc) is 2.42. The second-order valence-electron chi connectivity index (χ2n) is 4.63. The van der Waals surface area contributed by atoms with Gasteiger partial charge in [0.05, 0.1) is 6.04 Å². The zero-order chi connectivity index (χ0) is 13.8. The van der Waals surface area contributed by atoms with Crippen LogP contribution in [0.1, 0.15) is 35.2 Å². The van der Waals surface area contributed by atoms with Gasteiger partial charge in [-0.25, -0.2) is 9.97 Å². The van der Waals surface area contributed by atoms with Crippen LogP contribution in [0.4, 0.5) is 0 Å². The summed E-state index contributed by atoms with van der Waals surface area (Å²) in [6, 6.07) is 4.55. The fraction of sp³-hybridized carbons (Fsp3) is 0.333. The molecule has 0 aliphatic carbocycles. The molecule has 0 aliphatic heterocycles. The van der Waals surface area contributed by atoms with Crippen LogP contribution in [0.25, 0.3) is 0 Å². The van der Waals surface area contributed by atoms with Crippen molar-refractivity contribution in [3.8, 4) is 0 Å². The van der Waals surface area contributed by atoms with Crippen molar-refractivity contribution in [3.63, 3.8) is 0 Å². The Bertz CT molecular complexity index is 532. The molecule has 0 amide bonds. The average molecular weight is 320 g/mol. The number of nitrogens with zero attached hydrogens (tertiary/aromatic N) is 2. The van der Waals surface area contributed by atoms with Gasteiger partial charge in [0.25, 0.3) is 0 Å². The van der Waals surface area contributed by atoms with Crippen molar-refractivity contribution < 1.29 is 0 Å². The summed E-state index contributed by atoms with van der Waals surface area (Å²) >= 11 is 3.61. The molecule has 2 rings (SSSR count). The zero-order valence-electron chi connectivity index (χ0n) is 11.4. The van der Waals surface area contributed by atoms with E-state index in [0.29, 0.717) is 0 Å². The van der Waals surface area contributed by atoms with Crippen LogP contribution in [0.2, 0.25) is 0 Å². The van der Waals surface area contributed by atoms with Crippen molar-refractivity contribution in [2.45, 2.75) is 26.8 Å². The van der Waals surface area contributed by atoms with Gasteiger partial charge in [-0.3, -0.25) is 0 Å². The summed E-state index contributed by atoms with van der Waals surface area (Å²) in [5.41, 5.74) is 4.82. The van der Waals surface area contributed by atoms with Gasteiger partial charge in [-0.15, -0.1) is 0 Å². The Morgan fingerprint density at radius 3 is 2.21 bits per heavy atom. The van der Waals surface area contributed by atoms with Crippen LogP contribution in [-0.4, -0.2) is 16.5 Å². The molecular weight excluding hydrogens is 302 g/mol. The molecule has 1 unspecified atom stereocenters. The number of aromatic nitrogens is 2. The first-order valence-corrected chi connectivity index (χ1v) is 7.17. The Balaban J connectivity index is 2.45. The van der Waals surface area contributed by atoms with Crippen molar-refractivity contribution in [1.82, 2.24) is 15.3 Å². The van der Waals surface area contributed by atoms with Crippen molar-refractivity contribution >= 4 is 15.9 Å². The lowest BCUT2D eigenvalue weighted by Gasteiger charge is -2.20. The SMILES string of the molecule is CCNC(c1cncnc1)c1cc(C)c(Br)c(C)c1. The van der Waals surface area contributed by atoms with E-state index in [2.05, 4.69) is 64.1 Å². The quantitative estimate of drug-likeness (QED) is 0.936. The fourth-order valence-electron chi connectivity index (χ4n) is 2.24. The molecule has 0 radical (unpaired) electrons.